The van der Waals surface area contributed by atoms with E-state index in [4.69, 9.17) is 34.9 Å². The normalized spacial score (nSPS) is 21.3. The molecule has 5 N–H and O–H groups in total. The molecule has 0 bridgehead atoms. The highest BCUT2D eigenvalue weighted by Gasteiger charge is 2.27. The van der Waals surface area contributed by atoms with Crippen molar-refractivity contribution in [2.45, 2.75) is 88.4 Å². The zero-order chi connectivity index (χ0) is 30.6. The van der Waals surface area contributed by atoms with Crippen LogP contribution in [0.25, 0.3) is 11.2 Å². The second-order valence-corrected chi connectivity index (χ2v) is 12.2. The number of nitrogens with one attached hydrogen (secondary N) is 3. The number of rotatable bonds is 9. The summed E-state index contributed by atoms with van der Waals surface area (Å²) in [6.45, 7) is 1.21. The maximum absolute atomic E-state index is 13.2. The van der Waals surface area contributed by atoms with E-state index in [0.717, 1.165) is 68.3 Å². The van der Waals surface area contributed by atoms with E-state index in [1.165, 1.54) is 12.8 Å². The highest BCUT2D eigenvalue weighted by molar-refractivity contribution is 5.90. The van der Waals surface area contributed by atoms with E-state index in [1.54, 1.807) is 33.5 Å². The number of imidazole rings is 1. The third kappa shape index (κ3) is 6.42. The Balaban J connectivity index is 1.14. The van der Waals surface area contributed by atoms with E-state index in [-0.39, 0.29) is 18.1 Å². The Bertz CT molecular complexity index is 1420. The third-order valence-electron chi connectivity index (χ3n) is 9.28. The molecule has 44 heavy (non-hydrogen) atoms. The van der Waals surface area contributed by atoms with Gasteiger partial charge in [0.05, 0.1) is 33.3 Å². The van der Waals surface area contributed by atoms with E-state index in [1.807, 2.05) is 11.2 Å². The Morgan fingerprint density at radius 1 is 0.864 bits per heavy atom. The molecule has 1 aliphatic heterocycles. The molecule has 13 nitrogen and oxygen atoms in total. The van der Waals surface area contributed by atoms with Gasteiger partial charge in [-0.3, -0.25) is 0 Å². The van der Waals surface area contributed by atoms with E-state index in [9.17, 15) is 4.79 Å². The summed E-state index contributed by atoms with van der Waals surface area (Å²) in [5, 5.41) is 10.3. The summed E-state index contributed by atoms with van der Waals surface area (Å²) in [6.07, 6.45) is 12.3. The number of anilines is 3. The van der Waals surface area contributed by atoms with Gasteiger partial charge in [-0.1, -0.05) is 12.8 Å². The summed E-state index contributed by atoms with van der Waals surface area (Å²) in [4.78, 5) is 29.7. The van der Waals surface area contributed by atoms with Crippen molar-refractivity contribution in [3.8, 4) is 17.2 Å². The van der Waals surface area contributed by atoms with Crippen molar-refractivity contribution < 1.29 is 19.0 Å². The molecule has 238 valence electrons. The van der Waals surface area contributed by atoms with Gasteiger partial charge < -0.3 is 45.4 Å². The maximum atomic E-state index is 13.2. The number of fused-ring (bicyclic) bond motifs is 1. The third-order valence-corrected chi connectivity index (χ3v) is 9.28. The van der Waals surface area contributed by atoms with Crippen LogP contribution in [0.15, 0.2) is 18.5 Å². The van der Waals surface area contributed by atoms with Gasteiger partial charge in [-0.05, 0) is 51.4 Å². The number of methoxy groups -OCH3 is 3. The second-order valence-electron chi connectivity index (χ2n) is 12.2. The quantitative estimate of drug-likeness (QED) is 0.268. The first-order chi connectivity index (χ1) is 21.4. The molecule has 13 heteroatoms. The molecule has 1 saturated heterocycles. The Hall–Kier alpha value is -4.00. The van der Waals surface area contributed by atoms with E-state index < -0.39 is 0 Å². The monoisotopic (exact) mass is 607 g/mol. The largest absolute Gasteiger partial charge is 0.493 e. The van der Waals surface area contributed by atoms with Gasteiger partial charge in [-0.15, -0.1) is 0 Å². The second kappa shape index (κ2) is 13.3. The van der Waals surface area contributed by atoms with Crippen molar-refractivity contribution in [3.05, 3.63) is 18.5 Å². The number of piperidine rings is 1. The van der Waals surface area contributed by atoms with Crippen molar-refractivity contribution in [2.75, 3.05) is 50.4 Å². The minimum absolute atomic E-state index is 0.149. The van der Waals surface area contributed by atoms with Crippen LogP contribution >= 0.6 is 0 Å². The molecule has 6 rings (SSSR count). The summed E-state index contributed by atoms with van der Waals surface area (Å²) in [7, 11) is 4.65. The lowest BCUT2D eigenvalue weighted by Gasteiger charge is -2.33. The summed E-state index contributed by atoms with van der Waals surface area (Å²) in [6, 6.07) is 4.46. The molecule has 1 aromatic carbocycles. The van der Waals surface area contributed by atoms with E-state index in [0.29, 0.717) is 54.1 Å². The van der Waals surface area contributed by atoms with Crippen LogP contribution in [-0.2, 0) is 0 Å². The van der Waals surface area contributed by atoms with Gasteiger partial charge in [0.15, 0.2) is 28.5 Å². The topological polar surface area (TPSA) is 154 Å². The molecule has 3 aliphatic rings. The minimum Gasteiger partial charge on any atom is -0.493 e. The fourth-order valence-electron chi connectivity index (χ4n) is 6.75. The average Bonchev–Trinajstić information content (AvgIpc) is 3.72. The number of nitrogens with two attached hydrogens (primary N) is 1. The highest BCUT2D eigenvalue weighted by atomic mass is 16.5. The molecule has 0 radical (unpaired) electrons. The van der Waals surface area contributed by atoms with Crippen LogP contribution in [0.5, 0.6) is 17.2 Å². The van der Waals surface area contributed by atoms with Crippen LogP contribution in [0.2, 0.25) is 0 Å². The summed E-state index contributed by atoms with van der Waals surface area (Å²) < 4.78 is 18.5. The van der Waals surface area contributed by atoms with Crippen LogP contribution in [0.3, 0.4) is 0 Å². The van der Waals surface area contributed by atoms with Crippen molar-refractivity contribution >= 4 is 34.6 Å². The number of urea groups is 1. The van der Waals surface area contributed by atoms with Crippen LogP contribution in [0.1, 0.15) is 70.3 Å². The predicted molar refractivity (Wildman–Crippen MR) is 170 cm³/mol. The molecule has 0 unspecified atom stereocenters. The van der Waals surface area contributed by atoms with Crippen LogP contribution < -0.4 is 35.9 Å². The van der Waals surface area contributed by atoms with Gasteiger partial charge in [0.2, 0.25) is 11.7 Å². The Labute approximate surface area is 258 Å². The SMILES string of the molecule is COc1cc(NC(=O)N2CCC(Nc3nc(NC4CCC(N)CC4)nc4c3ncn4C3CCCC3)CC2)cc(OC)c1OC. The molecule has 2 saturated carbocycles. The van der Waals surface area contributed by atoms with Crippen LogP contribution in [0.4, 0.5) is 22.2 Å². The minimum atomic E-state index is -0.170. The molecule has 3 fully saturated rings. The number of likely N-dealkylation sites (tertiary alicyclic amines) is 1. The first-order valence-corrected chi connectivity index (χ1v) is 15.8. The number of aromatic nitrogens is 4. The van der Waals surface area contributed by atoms with Gasteiger partial charge in [0.25, 0.3) is 0 Å². The number of nitrogens with zero attached hydrogens (tertiary/aromatic N) is 5. The number of carbonyl (C=O) groups is 1. The van der Waals surface area contributed by atoms with Gasteiger partial charge >= 0.3 is 6.03 Å². The molecule has 3 aromatic rings. The summed E-state index contributed by atoms with van der Waals surface area (Å²) >= 11 is 0. The smallest absolute Gasteiger partial charge is 0.321 e. The fourth-order valence-corrected chi connectivity index (χ4v) is 6.75. The molecule has 0 atom stereocenters. The van der Waals surface area contributed by atoms with E-state index in [2.05, 4.69) is 20.5 Å². The first-order valence-electron chi connectivity index (χ1n) is 15.8. The Morgan fingerprint density at radius 3 is 2.16 bits per heavy atom. The summed E-state index contributed by atoms with van der Waals surface area (Å²) in [5.41, 5.74) is 8.40. The zero-order valence-electron chi connectivity index (χ0n) is 26.0. The average molecular weight is 608 g/mol. The van der Waals surface area contributed by atoms with Crippen molar-refractivity contribution in [1.29, 1.82) is 0 Å². The maximum Gasteiger partial charge on any atom is 0.321 e. The zero-order valence-corrected chi connectivity index (χ0v) is 26.0. The molecule has 2 amide bonds. The van der Waals surface area contributed by atoms with Crippen molar-refractivity contribution in [2.24, 2.45) is 5.73 Å². The highest BCUT2D eigenvalue weighted by Crippen LogP contribution is 2.40. The van der Waals surface area contributed by atoms with Crippen LogP contribution in [-0.4, -0.2) is 83.0 Å². The van der Waals surface area contributed by atoms with Gasteiger partial charge in [0, 0.05) is 49.4 Å². The summed E-state index contributed by atoms with van der Waals surface area (Å²) in [5.74, 6) is 2.84. The Kier molecular flexibility index (Phi) is 9.10. The number of hydrogen-bond acceptors (Lipinski definition) is 10. The lowest BCUT2D eigenvalue weighted by atomic mass is 9.92. The first kappa shape index (κ1) is 30.0. The lowest BCUT2D eigenvalue weighted by Crippen LogP contribution is -2.44. The lowest BCUT2D eigenvalue weighted by molar-refractivity contribution is 0.197. The molecule has 0 spiro atoms. The predicted octanol–water partition coefficient (Wildman–Crippen LogP) is 4.76. The Morgan fingerprint density at radius 2 is 1.52 bits per heavy atom. The van der Waals surface area contributed by atoms with E-state index >= 15 is 0 Å². The number of hydrogen-bond donors (Lipinski definition) is 4. The molecule has 2 aliphatic carbocycles. The molecular formula is C31H45N9O4. The fraction of sp³-hybridized carbons (Fsp3) is 0.613. The molecular weight excluding hydrogens is 562 g/mol. The number of benzene rings is 1. The standard InChI is InChI=1S/C31H45N9O4/c1-42-24-16-22(17-25(43-2)27(24)44-3)36-31(41)39-14-12-21(13-15-39)34-28-26-29(40(18-33-26)23-6-4-5-7-23)38-30(37-28)35-20-10-8-19(32)9-11-20/h16-21,23H,4-15,32H2,1-3H3,(H,36,41)(H2,34,35,37,38). The number of amides is 2. The van der Waals surface area contributed by atoms with Gasteiger partial charge in [0.1, 0.15) is 0 Å². The van der Waals surface area contributed by atoms with Crippen molar-refractivity contribution in [3.63, 3.8) is 0 Å². The number of ether oxygens (including phenoxy) is 3. The van der Waals surface area contributed by atoms with Gasteiger partial charge in [-0.25, -0.2) is 9.78 Å². The van der Waals surface area contributed by atoms with Gasteiger partial charge in [-0.2, -0.15) is 9.97 Å². The molecule has 2 aromatic heterocycles. The number of carbonyl (C=O) groups excluding carboxylic acids is 1. The van der Waals surface area contributed by atoms with Crippen molar-refractivity contribution in [1.82, 2.24) is 24.4 Å². The van der Waals surface area contributed by atoms with Crippen LogP contribution in [0, 0.1) is 0 Å². The molecule has 3 heterocycles.